The summed E-state index contributed by atoms with van der Waals surface area (Å²) < 4.78 is 0. The van der Waals surface area contributed by atoms with Crippen molar-refractivity contribution in [3.8, 4) is 0 Å². The van der Waals surface area contributed by atoms with Crippen LogP contribution in [0.25, 0.3) is 0 Å². The Labute approximate surface area is 114 Å². The van der Waals surface area contributed by atoms with Crippen molar-refractivity contribution in [2.24, 2.45) is 11.1 Å². The molecule has 1 aromatic rings. The number of hydrogen-bond donors (Lipinski definition) is 2. The van der Waals surface area contributed by atoms with Crippen LogP contribution in [0.2, 0.25) is 0 Å². The summed E-state index contributed by atoms with van der Waals surface area (Å²) in [6, 6.07) is 8.24. The molecule has 98 valence electrons. The van der Waals surface area contributed by atoms with Gasteiger partial charge in [0, 0.05) is 6.54 Å². The molecular weight excluding hydrogens is 244 g/mol. The first-order chi connectivity index (χ1) is 8.34. The SMILES string of the molecule is Cc1cccc(CCNC(=O)C(C)(C)C(N)=S)c1. The van der Waals surface area contributed by atoms with Crippen molar-refractivity contribution >= 4 is 23.1 Å². The molecule has 0 aliphatic rings. The van der Waals surface area contributed by atoms with Crippen LogP contribution in [0.1, 0.15) is 25.0 Å². The van der Waals surface area contributed by atoms with Crippen LogP contribution in [0, 0.1) is 12.3 Å². The van der Waals surface area contributed by atoms with E-state index in [1.165, 1.54) is 11.1 Å². The smallest absolute Gasteiger partial charge is 0.232 e. The first-order valence-electron chi connectivity index (χ1n) is 5.98. The fraction of sp³-hybridized carbons (Fsp3) is 0.429. The highest BCUT2D eigenvalue weighted by Gasteiger charge is 2.30. The van der Waals surface area contributed by atoms with Gasteiger partial charge in [-0.05, 0) is 32.8 Å². The van der Waals surface area contributed by atoms with Crippen molar-refractivity contribution in [1.82, 2.24) is 5.32 Å². The van der Waals surface area contributed by atoms with Gasteiger partial charge in [-0.2, -0.15) is 0 Å². The van der Waals surface area contributed by atoms with Gasteiger partial charge in [-0.3, -0.25) is 4.79 Å². The molecule has 0 unspecified atom stereocenters. The maximum atomic E-state index is 11.9. The maximum absolute atomic E-state index is 11.9. The predicted molar refractivity (Wildman–Crippen MR) is 78.5 cm³/mol. The van der Waals surface area contributed by atoms with E-state index in [4.69, 9.17) is 18.0 Å². The summed E-state index contributed by atoms with van der Waals surface area (Å²) in [4.78, 5) is 12.1. The first kappa shape index (κ1) is 14.6. The van der Waals surface area contributed by atoms with Crippen molar-refractivity contribution in [1.29, 1.82) is 0 Å². The Balaban J connectivity index is 2.48. The van der Waals surface area contributed by atoms with Crippen LogP contribution in [0.3, 0.4) is 0 Å². The summed E-state index contributed by atoms with van der Waals surface area (Å²) in [7, 11) is 0. The summed E-state index contributed by atoms with van der Waals surface area (Å²) in [5, 5.41) is 2.87. The number of carbonyl (C=O) groups excluding carboxylic acids is 1. The van der Waals surface area contributed by atoms with Crippen LogP contribution in [-0.2, 0) is 11.2 Å². The van der Waals surface area contributed by atoms with Crippen molar-refractivity contribution < 1.29 is 4.79 Å². The Morgan fingerprint density at radius 3 is 2.67 bits per heavy atom. The Morgan fingerprint density at radius 2 is 2.11 bits per heavy atom. The molecular formula is C14H20N2OS. The topological polar surface area (TPSA) is 55.1 Å². The van der Waals surface area contributed by atoms with Gasteiger partial charge in [0.05, 0.1) is 10.4 Å². The monoisotopic (exact) mass is 264 g/mol. The van der Waals surface area contributed by atoms with Gasteiger partial charge >= 0.3 is 0 Å². The maximum Gasteiger partial charge on any atom is 0.232 e. The second-order valence-corrected chi connectivity index (χ2v) is 5.42. The molecule has 4 heteroatoms. The quantitative estimate of drug-likeness (QED) is 0.799. The van der Waals surface area contributed by atoms with E-state index in [9.17, 15) is 4.79 Å². The highest BCUT2D eigenvalue weighted by molar-refractivity contribution is 7.80. The number of aryl methyl sites for hydroxylation is 1. The Hall–Kier alpha value is -1.42. The van der Waals surface area contributed by atoms with Crippen LogP contribution in [0.5, 0.6) is 0 Å². The molecule has 1 rings (SSSR count). The van der Waals surface area contributed by atoms with Crippen molar-refractivity contribution in [3.05, 3.63) is 35.4 Å². The molecule has 0 saturated carbocycles. The molecule has 0 aromatic heterocycles. The number of thiocarbonyl (C=S) groups is 1. The van der Waals surface area contributed by atoms with Crippen molar-refractivity contribution in [2.45, 2.75) is 27.2 Å². The van der Waals surface area contributed by atoms with E-state index in [1.54, 1.807) is 13.8 Å². The molecule has 0 spiro atoms. The van der Waals surface area contributed by atoms with Gasteiger partial charge in [0.2, 0.25) is 5.91 Å². The molecule has 3 nitrogen and oxygen atoms in total. The molecule has 0 atom stereocenters. The van der Waals surface area contributed by atoms with Gasteiger partial charge in [0.15, 0.2) is 0 Å². The first-order valence-corrected chi connectivity index (χ1v) is 6.38. The second-order valence-electron chi connectivity index (χ2n) is 4.98. The molecule has 18 heavy (non-hydrogen) atoms. The molecule has 0 aliphatic heterocycles. The molecule has 0 bridgehead atoms. The number of carbonyl (C=O) groups is 1. The fourth-order valence-corrected chi connectivity index (χ4v) is 1.61. The third kappa shape index (κ3) is 3.81. The third-order valence-corrected chi connectivity index (χ3v) is 3.48. The van der Waals surface area contributed by atoms with Crippen molar-refractivity contribution in [2.75, 3.05) is 6.54 Å². The zero-order chi connectivity index (χ0) is 13.8. The lowest BCUT2D eigenvalue weighted by Crippen LogP contribution is -2.45. The lowest BCUT2D eigenvalue weighted by molar-refractivity contribution is -0.126. The van der Waals surface area contributed by atoms with E-state index in [2.05, 4.69) is 30.4 Å². The molecule has 0 heterocycles. The number of benzene rings is 1. The zero-order valence-corrected chi connectivity index (χ0v) is 11.9. The van der Waals surface area contributed by atoms with Crippen LogP contribution in [0.4, 0.5) is 0 Å². The summed E-state index contributed by atoms with van der Waals surface area (Å²) in [5.74, 6) is -0.123. The van der Waals surface area contributed by atoms with Crippen LogP contribution in [0.15, 0.2) is 24.3 Å². The minimum atomic E-state index is -0.790. The highest BCUT2D eigenvalue weighted by atomic mass is 32.1. The fourth-order valence-electron chi connectivity index (χ4n) is 1.52. The largest absolute Gasteiger partial charge is 0.392 e. The number of nitrogens with one attached hydrogen (secondary N) is 1. The van der Waals surface area contributed by atoms with Gasteiger partial charge in [0.25, 0.3) is 0 Å². The summed E-state index contributed by atoms with van der Waals surface area (Å²) in [5.41, 5.74) is 7.19. The Bertz CT molecular complexity index is 455. The normalized spacial score (nSPS) is 11.1. The number of nitrogens with two attached hydrogens (primary N) is 1. The standard InChI is InChI=1S/C14H20N2OS/c1-10-5-4-6-11(9-10)7-8-16-13(17)14(2,3)12(15)18/h4-6,9H,7-8H2,1-3H3,(H2,15,18)(H,16,17). The van der Waals surface area contributed by atoms with Crippen molar-refractivity contribution in [3.63, 3.8) is 0 Å². The van der Waals surface area contributed by atoms with Gasteiger partial charge in [-0.1, -0.05) is 42.0 Å². The minimum Gasteiger partial charge on any atom is -0.392 e. The van der Waals surface area contributed by atoms with Crippen LogP contribution < -0.4 is 11.1 Å². The van der Waals surface area contributed by atoms with Gasteiger partial charge in [-0.25, -0.2) is 0 Å². The predicted octanol–water partition coefficient (Wildman–Crippen LogP) is 1.97. The van der Waals surface area contributed by atoms with E-state index in [0.29, 0.717) is 6.54 Å². The number of rotatable bonds is 5. The lowest BCUT2D eigenvalue weighted by atomic mass is 9.92. The molecule has 3 N–H and O–H groups in total. The van der Waals surface area contributed by atoms with Gasteiger partial charge in [-0.15, -0.1) is 0 Å². The number of amides is 1. The van der Waals surface area contributed by atoms with E-state index in [1.807, 2.05) is 6.07 Å². The van der Waals surface area contributed by atoms with E-state index >= 15 is 0 Å². The van der Waals surface area contributed by atoms with Gasteiger partial charge < -0.3 is 11.1 Å². The lowest BCUT2D eigenvalue weighted by Gasteiger charge is -2.21. The molecule has 1 aromatic carbocycles. The Morgan fingerprint density at radius 1 is 1.44 bits per heavy atom. The molecule has 0 radical (unpaired) electrons. The highest BCUT2D eigenvalue weighted by Crippen LogP contribution is 2.15. The second kappa shape index (κ2) is 5.96. The van der Waals surface area contributed by atoms with E-state index < -0.39 is 5.41 Å². The third-order valence-electron chi connectivity index (χ3n) is 2.97. The van der Waals surface area contributed by atoms with Crippen LogP contribution in [-0.4, -0.2) is 17.4 Å². The van der Waals surface area contributed by atoms with Crippen LogP contribution >= 0.6 is 12.2 Å². The molecule has 0 saturated heterocycles. The molecule has 0 fully saturated rings. The molecule has 0 aliphatic carbocycles. The summed E-state index contributed by atoms with van der Waals surface area (Å²) in [6.45, 7) is 6.11. The average Bonchev–Trinajstić information content (AvgIpc) is 2.28. The Kier molecular flexibility index (Phi) is 4.84. The minimum absolute atomic E-state index is 0.123. The zero-order valence-electron chi connectivity index (χ0n) is 11.1. The van der Waals surface area contributed by atoms with E-state index in [-0.39, 0.29) is 10.9 Å². The van der Waals surface area contributed by atoms with E-state index in [0.717, 1.165) is 6.42 Å². The molecule has 1 amide bonds. The average molecular weight is 264 g/mol. The summed E-state index contributed by atoms with van der Waals surface area (Å²) >= 11 is 4.89. The summed E-state index contributed by atoms with van der Waals surface area (Å²) in [6.07, 6.45) is 0.806. The van der Waals surface area contributed by atoms with Gasteiger partial charge in [0.1, 0.15) is 0 Å². The number of hydrogen-bond acceptors (Lipinski definition) is 2.